The van der Waals surface area contributed by atoms with Gasteiger partial charge in [0.15, 0.2) is 12.4 Å². The highest BCUT2D eigenvalue weighted by atomic mass is 19.4. The molecule has 1 aromatic carbocycles. The number of nitrogens with zero attached hydrogens (tertiary/aromatic N) is 1. The van der Waals surface area contributed by atoms with Gasteiger partial charge in [-0.3, -0.25) is 0 Å². The van der Waals surface area contributed by atoms with E-state index in [-0.39, 0.29) is 17.1 Å². The van der Waals surface area contributed by atoms with E-state index >= 15 is 0 Å². The smallest absolute Gasteiger partial charge is 0.422 e. The van der Waals surface area contributed by atoms with Crippen molar-refractivity contribution in [3.05, 3.63) is 29.3 Å². The highest BCUT2D eigenvalue weighted by Crippen LogP contribution is 2.23. The van der Waals surface area contributed by atoms with Crippen molar-refractivity contribution in [2.24, 2.45) is 10.9 Å². The van der Waals surface area contributed by atoms with Gasteiger partial charge < -0.3 is 15.7 Å². The molecule has 0 aromatic heterocycles. The highest BCUT2D eigenvalue weighted by molar-refractivity contribution is 5.99. The first-order valence-electron chi connectivity index (χ1n) is 4.61. The van der Waals surface area contributed by atoms with Crippen LogP contribution < -0.4 is 10.5 Å². The first-order chi connectivity index (χ1) is 7.83. The summed E-state index contributed by atoms with van der Waals surface area (Å²) >= 11 is 0. The van der Waals surface area contributed by atoms with Gasteiger partial charge in [-0.05, 0) is 24.6 Å². The summed E-state index contributed by atoms with van der Waals surface area (Å²) in [4.78, 5) is 0. The van der Waals surface area contributed by atoms with E-state index in [1.54, 1.807) is 13.0 Å². The maximum atomic E-state index is 12.0. The Kier molecular flexibility index (Phi) is 3.82. The number of amidine groups is 1. The normalized spacial score (nSPS) is 12.6. The van der Waals surface area contributed by atoms with E-state index in [1.165, 1.54) is 12.1 Å². The molecular weight excluding hydrogens is 237 g/mol. The minimum atomic E-state index is -4.44. The number of aryl methyl sites for hydroxylation is 1. The van der Waals surface area contributed by atoms with Crippen LogP contribution in [-0.2, 0) is 0 Å². The zero-order chi connectivity index (χ0) is 13.1. The van der Waals surface area contributed by atoms with E-state index in [4.69, 9.17) is 10.9 Å². The number of benzene rings is 1. The minimum Gasteiger partial charge on any atom is -0.483 e. The number of nitrogens with two attached hydrogens (primary N) is 1. The fourth-order valence-electron chi connectivity index (χ4n) is 1.17. The van der Waals surface area contributed by atoms with Gasteiger partial charge in [-0.15, -0.1) is 0 Å². The number of alkyl halides is 3. The lowest BCUT2D eigenvalue weighted by Crippen LogP contribution is -2.21. The molecule has 7 heteroatoms. The fourth-order valence-corrected chi connectivity index (χ4v) is 1.17. The van der Waals surface area contributed by atoms with Gasteiger partial charge in [0, 0.05) is 0 Å². The van der Waals surface area contributed by atoms with Gasteiger partial charge in [-0.1, -0.05) is 11.2 Å². The summed E-state index contributed by atoms with van der Waals surface area (Å²) in [6, 6.07) is 4.43. The Morgan fingerprint density at radius 1 is 1.47 bits per heavy atom. The SMILES string of the molecule is Cc1ccc(C(N)=NO)c(OCC(F)(F)F)c1. The third-order valence-electron chi connectivity index (χ3n) is 1.91. The third-order valence-corrected chi connectivity index (χ3v) is 1.91. The standard InChI is InChI=1S/C10H11F3N2O2/c1-6-2-3-7(9(14)15-16)8(4-6)17-5-10(11,12)13/h2-4,16H,5H2,1H3,(H2,14,15). The lowest BCUT2D eigenvalue weighted by atomic mass is 10.1. The fraction of sp³-hybridized carbons (Fsp3) is 0.300. The molecule has 94 valence electrons. The van der Waals surface area contributed by atoms with E-state index in [0.717, 1.165) is 0 Å². The molecule has 0 amide bonds. The molecule has 0 heterocycles. The molecule has 4 nitrogen and oxygen atoms in total. The Morgan fingerprint density at radius 3 is 2.65 bits per heavy atom. The van der Waals surface area contributed by atoms with Crippen molar-refractivity contribution in [1.82, 2.24) is 0 Å². The Labute approximate surface area is 95.5 Å². The molecule has 0 radical (unpaired) electrons. The Bertz CT molecular complexity index is 430. The Morgan fingerprint density at radius 2 is 2.12 bits per heavy atom. The molecule has 0 unspecified atom stereocenters. The second kappa shape index (κ2) is 4.94. The number of rotatable bonds is 3. The van der Waals surface area contributed by atoms with Crippen molar-refractivity contribution in [1.29, 1.82) is 0 Å². The largest absolute Gasteiger partial charge is 0.483 e. The maximum Gasteiger partial charge on any atom is 0.422 e. The van der Waals surface area contributed by atoms with Gasteiger partial charge in [-0.25, -0.2) is 0 Å². The first kappa shape index (κ1) is 13.1. The molecule has 0 fully saturated rings. The molecule has 0 spiro atoms. The summed E-state index contributed by atoms with van der Waals surface area (Å²) in [6.45, 7) is 0.263. The van der Waals surface area contributed by atoms with Crippen LogP contribution in [-0.4, -0.2) is 23.8 Å². The summed E-state index contributed by atoms with van der Waals surface area (Å²) in [6.07, 6.45) is -4.44. The van der Waals surface area contributed by atoms with Gasteiger partial charge in [0.05, 0.1) is 5.56 Å². The van der Waals surface area contributed by atoms with Crippen molar-refractivity contribution in [3.63, 3.8) is 0 Å². The molecule has 0 saturated heterocycles. The molecule has 0 aliphatic rings. The molecular formula is C10H11F3N2O2. The van der Waals surface area contributed by atoms with Crippen molar-refractivity contribution >= 4 is 5.84 Å². The summed E-state index contributed by atoms with van der Waals surface area (Å²) < 4.78 is 40.7. The summed E-state index contributed by atoms with van der Waals surface area (Å²) in [5.41, 5.74) is 6.14. The van der Waals surface area contributed by atoms with Crippen LogP contribution in [0.3, 0.4) is 0 Å². The van der Waals surface area contributed by atoms with Gasteiger partial charge in [0.1, 0.15) is 5.75 Å². The van der Waals surface area contributed by atoms with E-state index in [2.05, 4.69) is 9.89 Å². The number of hydrogen-bond donors (Lipinski definition) is 2. The topological polar surface area (TPSA) is 67.8 Å². The molecule has 0 saturated carbocycles. The lowest BCUT2D eigenvalue weighted by molar-refractivity contribution is -0.153. The zero-order valence-corrected chi connectivity index (χ0v) is 8.95. The van der Waals surface area contributed by atoms with E-state index in [9.17, 15) is 13.2 Å². The van der Waals surface area contributed by atoms with Gasteiger partial charge >= 0.3 is 6.18 Å². The van der Waals surface area contributed by atoms with Crippen LogP contribution >= 0.6 is 0 Å². The molecule has 17 heavy (non-hydrogen) atoms. The van der Waals surface area contributed by atoms with Crippen LogP contribution in [0.1, 0.15) is 11.1 Å². The van der Waals surface area contributed by atoms with Crippen LogP contribution in [0.25, 0.3) is 0 Å². The van der Waals surface area contributed by atoms with Gasteiger partial charge in [0.25, 0.3) is 0 Å². The van der Waals surface area contributed by atoms with E-state index in [0.29, 0.717) is 5.56 Å². The molecule has 0 atom stereocenters. The van der Waals surface area contributed by atoms with Crippen molar-refractivity contribution in [2.45, 2.75) is 13.1 Å². The van der Waals surface area contributed by atoms with Crippen LogP contribution in [0.4, 0.5) is 13.2 Å². The third kappa shape index (κ3) is 3.86. The Hall–Kier alpha value is -1.92. The van der Waals surface area contributed by atoms with E-state index in [1.807, 2.05) is 0 Å². The highest BCUT2D eigenvalue weighted by Gasteiger charge is 2.29. The van der Waals surface area contributed by atoms with Crippen molar-refractivity contribution in [3.8, 4) is 5.75 Å². The first-order valence-corrected chi connectivity index (χ1v) is 4.61. The number of ether oxygens (including phenoxy) is 1. The number of oxime groups is 1. The van der Waals surface area contributed by atoms with Crippen molar-refractivity contribution < 1.29 is 23.1 Å². The minimum absolute atomic E-state index is 0.0716. The monoisotopic (exact) mass is 248 g/mol. The molecule has 0 aliphatic carbocycles. The molecule has 0 bridgehead atoms. The second-order valence-corrected chi connectivity index (χ2v) is 3.39. The average molecular weight is 248 g/mol. The molecule has 0 aliphatic heterocycles. The lowest BCUT2D eigenvalue weighted by Gasteiger charge is -2.13. The summed E-state index contributed by atoms with van der Waals surface area (Å²) in [7, 11) is 0. The van der Waals surface area contributed by atoms with Crippen molar-refractivity contribution in [2.75, 3.05) is 6.61 Å². The van der Waals surface area contributed by atoms with Crippen LogP contribution in [0, 0.1) is 6.92 Å². The molecule has 1 aromatic rings. The quantitative estimate of drug-likeness (QED) is 0.372. The molecule has 1 rings (SSSR count). The zero-order valence-electron chi connectivity index (χ0n) is 8.95. The van der Waals surface area contributed by atoms with E-state index < -0.39 is 12.8 Å². The maximum absolute atomic E-state index is 12.0. The van der Waals surface area contributed by atoms with Gasteiger partial charge in [0.2, 0.25) is 0 Å². The van der Waals surface area contributed by atoms with Crippen LogP contribution in [0.2, 0.25) is 0 Å². The summed E-state index contributed by atoms with van der Waals surface area (Å²) in [5.74, 6) is -0.375. The predicted molar refractivity (Wildman–Crippen MR) is 55.2 cm³/mol. The Balaban J connectivity index is 3.00. The average Bonchev–Trinajstić information content (AvgIpc) is 2.24. The number of halogens is 3. The number of hydrogen-bond acceptors (Lipinski definition) is 3. The predicted octanol–water partition coefficient (Wildman–Crippen LogP) is 2.03. The van der Waals surface area contributed by atoms with Gasteiger partial charge in [-0.2, -0.15) is 13.2 Å². The second-order valence-electron chi connectivity index (χ2n) is 3.39. The molecule has 3 N–H and O–H groups in total. The summed E-state index contributed by atoms with van der Waals surface area (Å²) in [5, 5.41) is 11.2. The van der Waals surface area contributed by atoms with Crippen LogP contribution in [0.5, 0.6) is 5.75 Å². The van der Waals surface area contributed by atoms with Crippen LogP contribution in [0.15, 0.2) is 23.4 Å².